The predicted molar refractivity (Wildman–Crippen MR) is 88.3 cm³/mol. The standard InChI is InChI=1S/C16H14Cl2FNO3/c1-9-5-14(15(22-2)7-11(9)17)20-16(21)8-23-10-3-4-13(19)12(18)6-10/h3-7H,8H2,1-2H3,(H,20,21). The van der Waals surface area contributed by atoms with Crippen LogP contribution in [0.2, 0.25) is 10.0 Å². The molecule has 1 N–H and O–H groups in total. The summed E-state index contributed by atoms with van der Waals surface area (Å²) >= 11 is 11.7. The average Bonchev–Trinajstić information content (AvgIpc) is 2.52. The van der Waals surface area contributed by atoms with Gasteiger partial charge in [-0.25, -0.2) is 4.39 Å². The number of carbonyl (C=O) groups is 1. The van der Waals surface area contributed by atoms with E-state index in [0.717, 1.165) is 5.56 Å². The lowest BCUT2D eigenvalue weighted by Gasteiger charge is -2.13. The molecular weight excluding hydrogens is 344 g/mol. The fourth-order valence-electron chi connectivity index (χ4n) is 1.83. The van der Waals surface area contributed by atoms with Gasteiger partial charge in [0.15, 0.2) is 6.61 Å². The molecule has 122 valence electrons. The number of ether oxygens (including phenoxy) is 2. The maximum Gasteiger partial charge on any atom is 0.262 e. The van der Waals surface area contributed by atoms with Gasteiger partial charge in [-0.2, -0.15) is 0 Å². The maximum absolute atomic E-state index is 13.0. The van der Waals surface area contributed by atoms with Crippen molar-refractivity contribution in [1.29, 1.82) is 0 Å². The topological polar surface area (TPSA) is 47.6 Å². The SMILES string of the molecule is COc1cc(Cl)c(C)cc1NC(=O)COc1ccc(F)c(Cl)c1. The van der Waals surface area contributed by atoms with Crippen molar-refractivity contribution in [3.8, 4) is 11.5 Å². The van der Waals surface area contributed by atoms with E-state index in [1.54, 1.807) is 12.1 Å². The van der Waals surface area contributed by atoms with Gasteiger partial charge in [0.25, 0.3) is 5.91 Å². The molecule has 0 unspecified atom stereocenters. The van der Waals surface area contributed by atoms with Crippen molar-refractivity contribution >= 4 is 34.8 Å². The Balaban J connectivity index is 2.02. The number of rotatable bonds is 5. The molecule has 0 atom stereocenters. The Kier molecular flexibility index (Phi) is 5.69. The Hall–Kier alpha value is -1.98. The summed E-state index contributed by atoms with van der Waals surface area (Å²) in [5.74, 6) is -0.208. The third-order valence-corrected chi connectivity index (χ3v) is 3.71. The van der Waals surface area contributed by atoms with Crippen molar-refractivity contribution in [2.45, 2.75) is 6.92 Å². The van der Waals surface area contributed by atoms with Gasteiger partial charge in [-0.05, 0) is 30.7 Å². The van der Waals surface area contributed by atoms with Crippen molar-refractivity contribution in [1.82, 2.24) is 0 Å². The molecule has 0 bridgehead atoms. The number of halogens is 3. The summed E-state index contributed by atoms with van der Waals surface area (Å²) in [6, 6.07) is 7.18. The van der Waals surface area contributed by atoms with E-state index in [2.05, 4.69) is 5.32 Å². The van der Waals surface area contributed by atoms with Gasteiger partial charge in [0.2, 0.25) is 0 Å². The van der Waals surface area contributed by atoms with E-state index >= 15 is 0 Å². The van der Waals surface area contributed by atoms with Crippen LogP contribution in [0.3, 0.4) is 0 Å². The molecule has 4 nitrogen and oxygen atoms in total. The lowest BCUT2D eigenvalue weighted by molar-refractivity contribution is -0.118. The van der Waals surface area contributed by atoms with Crippen LogP contribution in [0.5, 0.6) is 11.5 Å². The van der Waals surface area contributed by atoms with Gasteiger partial charge >= 0.3 is 0 Å². The molecule has 0 spiro atoms. The number of hydrogen-bond donors (Lipinski definition) is 1. The molecule has 7 heteroatoms. The first-order valence-electron chi connectivity index (χ1n) is 6.62. The summed E-state index contributed by atoms with van der Waals surface area (Å²) in [5, 5.41) is 3.14. The number of benzene rings is 2. The molecule has 0 saturated heterocycles. The van der Waals surface area contributed by atoms with Crippen molar-refractivity contribution < 1.29 is 18.7 Å². The smallest absolute Gasteiger partial charge is 0.262 e. The van der Waals surface area contributed by atoms with E-state index in [1.807, 2.05) is 6.92 Å². The van der Waals surface area contributed by atoms with Gasteiger partial charge in [0.1, 0.15) is 17.3 Å². The molecule has 0 heterocycles. The average molecular weight is 358 g/mol. The summed E-state index contributed by atoms with van der Waals surface area (Å²) in [6.07, 6.45) is 0. The fraction of sp³-hybridized carbons (Fsp3) is 0.188. The first kappa shape index (κ1) is 17.4. The van der Waals surface area contributed by atoms with Crippen LogP contribution in [0.1, 0.15) is 5.56 Å². The summed E-state index contributed by atoms with van der Waals surface area (Å²) in [7, 11) is 1.48. The molecule has 2 rings (SSSR count). The number of carbonyl (C=O) groups excluding carboxylic acids is 1. The van der Waals surface area contributed by atoms with E-state index in [1.165, 1.54) is 25.3 Å². The van der Waals surface area contributed by atoms with Crippen LogP contribution >= 0.6 is 23.2 Å². The highest BCUT2D eigenvalue weighted by Gasteiger charge is 2.11. The third kappa shape index (κ3) is 4.50. The van der Waals surface area contributed by atoms with E-state index in [4.69, 9.17) is 32.7 Å². The Morgan fingerprint density at radius 3 is 2.61 bits per heavy atom. The van der Waals surface area contributed by atoms with E-state index < -0.39 is 11.7 Å². The Labute approximate surface area is 143 Å². The molecular formula is C16H14Cl2FNO3. The highest BCUT2D eigenvalue weighted by Crippen LogP contribution is 2.31. The van der Waals surface area contributed by atoms with E-state index in [0.29, 0.717) is 22.2 Å². The molecule has 0 fully saturated rings. The minimum absolute atomic E-state index is 0.0714. The van der Waals surface area contributed by atoms with Crippen LogP contribution in [0.15, 0.2) is 30.3 Å². The van der Waals surface area contributed by atoms with Gasteiger partial charge in [-0.3, -0.25) is 4.79 Å². The predicted octanol–water partition coefficient (Wildman–Crippen LogP) is 4.47. The molecule has 0 aliphatic heterocycles. The van der Waals surface area contributed by atoms with Crippen LogP contribution in [-0.2, 0) is 4.79 Å². The van der Waals surface area contributed by atoms with Crippen LogP contribution in [-0.4, -0.2) is 19.6 Å². The monoisotopic (exact) mass is 357 g/mol. The first-order chi connectivity index (χ1) is 10.9. The molecule has 2 aromatic carbocycles. The minimum Gasteiger partial charge on any atom is -0.495 e. The van der Waals surface area contributed by atoms with Crippen molar-refractivity contribution in [3.63, 3.8) is 0 Å². The van der Waals surface area contributed by atoms with Crippen molar-refractivity contribution in [2.24, 2.45) is 0 Å². The lowest BCUT2D eigenvalue weighted by Crippen LogP contribution is -2.20. The van der Waals surface area contributed by atoms with Crippen molar-refractivity contribution in [3.05, 3.63) is 51.8 Å². The minimum atomic E-state index is -0.551. The van der Waals surface area contributed by atoms with Gasteiger partial charge in [-0.15, -0.1) is 0 Å². The molecule has 0 aliphatic rings. The van der Waals surface area contributed by atoms with Gasteiger partial charge in [0.05, 0.1) is 17.8 Å². The summed E-state index contributed by atoms with van der Waals surface area (Å²) in [5.41, 5.74) is 1.29. The Bertz CT molecular complexity index is 738. The van der Waals surface area contributed by atoms with Crippen LogP contribution < -0.4 is 14.8 Å². The second-order valence-electron chi connectivity index (χ2n) is 4.71. The lowest BCUT2D eigenvalue weighted by atomic mass is 10.2. The summed E-state index contributed by atoms with van der Waals surface area (Å²) < 4.78 is 23.5. The van der Waals surface area contributed by atoms with E-state index in [-0.39, 0.29) is 11.6 Å². The largest absolute Gasteiger partial charge is 0.495 e. The van der Waals surface area contributed by atoms with Crippen LogP contribution in [0.25, 0.3) is 0 Å². The fourth-order valence-corrected chi connectivity index (χ4v) is 2.16. The molecule has 1 amide bonds. The summed E-state index contributed by atoms with van der Waals surface area (Å²) in [4.78, 5) is 12.0. The zero-order valence-electron chi connectivity index (χ0n) is 12.5. The molecule has 0 saturated carbocycles. The van der Waals surface area contributed by atoms with Crippen molar-refractivity contribution in [2.75, 3.05) is 19.0 Å². The quantitative estimate of drug-likeness (QED) is 0.858. The number of anilines is 1. The van der Waals surface area contributed by atoms with E-state index in [9.17, 15) is 9.18 Å². The Morgan fingerprint density at radius 1 is 1.22 bits per heavy atom. The molecule has 0 aliphatic carbocycles. The third-order valence-electron chi connectivity index (χ3n) is 3.02. The number of nitrogens with one attached hydrogen (secondary N) is 1. The van der Waals surface area contributed by atoms with Gasteiger partial charge in [-0.1, -0.05) is 23.2 Å². The molecule has 2 aromatic rings. The highest BCUT2D eigenvalue weighted by atomic mass is 35.5. The Morgan fingerprint density at radius 2 is 1.96 bits per heavy atom. The zero-order valence-corrected chi connectivity index (χ0v) is 14.0. The van der Waals surface area contributed by atoms with Crippen LogP contribution in [0, 0.1) is 12.7 Å². The number of aryl methyl sites for hydroxylation is 1. The number of amides is 1. The highest BCUT2D eigenvalue weighted by molar-refractivity contribution is 6.31. The second-order valence-corrected chi connectivity index (χ2v) is 5.53. The number of methoxy groups -OCH3 is 1. The van der Waals surface area contributed by atoms with Crippen LogP contribution in [0.4, 0.5) is 10.1 Å². The van der Waals surface area contributed by atoms with Gasteiger partial charge < -0.3 is 14.8 Å². The summed E-state index contributed by atoms with van der Waals surface area (Å²) in [6.45, 7) is 1.56. The zero-order chi connectivity index (χ0) is 17.0. The molecule has 0 aromatic heterocycles. The normalized spacial score (nSPS) is 10.3. The molecule has 0 radical (unpaired) electrons. The second kappa shape index (κ2) is 7.53. The first-order valence-corrected chi connectivity index (χ1v) is 7.38. The van der Waals surface area contributed by atoms with Gasteiger partial charge in [0, 0.05) is 17.2 Å². The maximum atomic E-state index is 13.0. The number of hydrogen-bond acceptors (Lipinski definition) is 3. The molecule has 23 heavy (non-hydrogen) atoms.